The van der Waals surface area contributed by atoms with Crippen LogP contribution in [0.4, 0.5) is 11.4 Å². The number of rotatable bonds is 6. The molecule has 6 nitrogen and oxygen atoms in total. The van der Waals surface area contributed by atoms with E-state index in [1.54, 1.807) is 30.0 Å². The van der Waals surface area contributed by atoms with Crippen molar-refractivity contribution in [2.45, 2.75) is 19.2 Å². The van der Waals surface area contributed by atoms with Gasteiger partial charge in [-0.1, -0.05) is 0 Å². The molecular weight excluding hydrogens is 266 g/mol. The van der Waals surface area contributed by atoms with E-state index < -0.39 is 15.2 Å². The molecule has 19 heavy (non-hydrogen) atoms. The molecule has 0 radical (unpaired) electrons. The van der Waals surface area contributed by atoms with E-state index in [2.05, 4.69) is 5.18 Å². The first-order valence-electron chi connectivity index (χ1n) is 5.94. The Labute approximate surface area is 113 Å². The van der Waals surface area contributed by atoms with Gasteiger partial charge in [0, 0.05) is 25.0 Å². The van der Waals surface area contributed by atoms with Crippen LogP contribution in [0, 0.1) is 11.8 Å². The van der Waals surface area contributed by atoms with Gasteiger partial charge >= 0.3 is 0 Å². The molecule has 0 heterocycles. The van der Waals surface area contributed by atoms with Gasteiger partial charge < -0.3 is 10.6 Å². The van der Waals surface area contributed by atoms with Crippen LogP contribution >= 0.6 is 0 Å². The second kappa shape index (κ2) is 6.12. The van der Waals surface area contributed by atoms with Crippen LogP contribution in [0.15, 0.2) is 23.4 Å². The minimum absolute atomic E-state index is 0.0133. The molecule has 1 rings (SSSR count). The number of likely N-dealkylation sites (N-methyl/N-ethyl adjacent to an activating group) is 1. The summed E-state index contributed by atoms with van der Waals surface area (Å²) in [6.45, 7) is 4.13. The summed E-state index contributed by atoms with van der Waals surface area (Å²) in [5, 5.41) is 2.13. The molecule has 0 amide bonds. The smallest absolute Gasteiger partial charge is 0.169 e. The maximum atomic E-state index is 11.8. The third-order valence-electron chi connectivity index (χ3n) is 2.99. The Balaban J connectivity index is 3.23. The molecule has 0 bridgehead atoms. The molecule has 1 aromatic rings. The maximum absolute atomic E-state index is 11.8. The molecule has 0 aromatic heterocycles. The average Bonchev–Trinajstić information content (AvgIpc) is 2.34. The third kappa shape index (κ3) is 3.51. The monoisotopic (exact) mass is 285 g/mol. The summed E-state index contributed by atoms with van der Waals surface area (Å²) in [4.78, 5) is 12.3. The van der Waals surface area contributed by atoms with E-state index >= 15 is 0 Å². The van der Waals surface area contributed by atoms with Crippen molar-refractivity contribution in [1.29, 1.82) is 0 Å². The standard InChI is InChI=1S/C12H19N3O3S/c1-4-15(12(8-13)19(3,17)18)10-5-6-11(14-16)9(2)7-10/h5-7,12H,4,8,13H2,1-3H3. The number of benzene rings is 1. The van der Waals surface area contributed by atoms with E-state index in [9.17, 15) is 13.3 Å². The molecule has 0 aliphatic carbocycles. The second-order valence-electron chi connectivity index (χ2n) is 4.37. The number of nitrogens with zero attached hydrogens (tertiary/aromatic N) is 2. The molecule has 1 aromatic carbocycles. The molecule has 0 spiro atoms. The Kier molecular flexibility index (Phi) is 5.02. The van der Waals surface area contributed by atoms with Gasteiger partial charge in [0.1, 0.15) is 11.1 Å². The van der Waals surface area contributed by atoms with Crippen LogP contribution in [0.2, 0.25) is 0 Å². The second-order valence-corrected chi connectivity index (χ2v) is 6.57. The van der Waals surface area contributed by atoms with Gasteiger partial charge in [0.05, 0.1) is 0 Å². The third-order valence-corrected chi connectivity index (χ3v) is 4.43. The number of nitrogens with two attached hydrogens (primary N) is 1. The van der Waals surface area contributed by atoms with Crippen molar-refractivity contribution in [2.24, 2.45) is 10.9 Å². The quantitative estimate of drug-likeness (QED) is 0.800. The highest BCUT2D eigenvalue weighted by Crippen LogP contribution is 2.26. The molecule has 106 valence electrons. The zero-order valence-corrected chi connectivity index (χ0v) is 12.1. The Hall–Kier alpha value is -1.47. The van der Waals surface area contributed by atoms with Crippen molar-refractivity contribution >= 4 is 21.2 Å². The van der Waals surface area contributed by atoms with E-state index in [0.717, 1.165) is 0 Å². The van der Waals surface area contributed by atoms with Crippen LogP contribution in [0.1, 0.15) is 12.5 Å². The number of sulfone groups is 1. The van der Waals surface area contributed by atoms with Gasteiger partial charge in [-0.25, -0.2) is 8.42 Å². The van der Waals surface area contributed by atoms with Crippen LogP contribution in [0.5, 0.6) is 0 Å². The summed E-state index contributed by atoms with van der Waals surface area (Å²) in [6.07, 6.45) is 1.17. The fourth-order valence-corrected chi connectivity index (χ4v) is 3.09. The molecule has 0 saturated heterocycles. The SMILES string of the molecule is CCN(c1ccc(N=O)c(C)c1)C(CN)S(C)(=O)=O. The summed E-state index contributed by atoms with van der Waals surface area (Å²) >= 11 is 0. The summed E-state index contributed by atoms with van der Waals surface area (Å²) in [6, 6.07) is 5.01. The van der Waals surface area contributed by atoms with E-state index in [1.807, 2.05) is 6.92 Å². The van der Waals surface area contributed by atoms with Crippen LogP contribution in [0.25, 0.3) is 0 Å². The molecule has 0 aliphatic heterocycles. The maximum Gasteiger partial charge on any atom is 0.169 e. The lowest BCUT2D eigenvalue weighted by atomic mass is 10.1. The minimum atomic E-state index is -3.29. The highest BCUT2D eigenvalue weighted by Gasteiger charge is 2.26. The summed E-state index contributed by atoms with van der Waals surface area (Å²) < 4.78 is 23.5. The Morgan fingerprint density at radius 3 is 2.42 bits per heavy atom. The molecular formula is C12H19N3O3S. The first-order valence-corrected chi connectivity index (χ1v) is 7.90. The first-order chi connectivity index (χ1) is 8.85. The van der Waals surface area contributed by atoms with Gasteiger partial charge in [0.15, 0.2) is 9.84 Å². The van der Waals surface area contributed by atoms with Crippen molar-refractivity contribution < 1.29 is 8.42 Å². The van der Waals surface area contributed by atoms with E-state index in [1.165, 1.54) is 6.26 Å². The van der Waals surface area contributed by atoms with Crippen molar-refractivity contribution in [3.8, 4) is 0 Å². The Morgan fingerprint density at radius 2 is 2.05 bits per heavy atom. The van der Waals surface area contributed by atoms with Crippen molar-refractivity contribution in [3.05, 3.63) is 28.7 Å². The number of hydrogen-bond donors (Lipinski definition) is 1. The largest absolute Gasteiger partial charge is 0.354 e. The van der Waals surface area contributed by atoms with Crippen LogP contribution in [-0.2, 0) is 9.84 Å². The molecule has 7 heteroatoms. The Morgan fingerprint density at radius 1 is 1.42 bits per heavy atom. The first kappa shape index (κ1) is 15.6. The summed E-state index contributed by atoms with van der Waals surface area (Å²) in [5.41, 5.74) is 7.35. The van der Waals surface area contributed by atoms with E-state index in [-0.39, 0.29) is 6.54 Å². The summed E-state index contributed by atoms with van der Waals surface area (Å²) in [5.74, 6) is 0. The van der Waals surface area contributed by atoms with Crippen molar-refractivity contribution in [1.82, 2.24) is 0 Å². The Bertz CT molecular complexity index is 557. The predicted molar refractivity (Wildman–Crippen MR) is 77.3 cm³/mol. The fraction of sp³-hybridized carbons (Fsp3) is 0.500. The lowest BCUT2D eigenvalue weighted by molar-refractivity contribution is 0.579. The highest BCUT2D eigenvalue weighted by molar-refractivity contribution is 7.91. The molecule has 1 unspecified atom stereocenters. The van der Waals surface area contributed by atoms with Gasteiger partial charge in [-0.3, -0.25) is 0 Å². The lowest BCUT2D eigenvalue weighted by Gasteiger charge is -2.30. The van der Waals surface area contributed by atoms with Crippen LogP contribution < -0.4 is 10.6 Å². The number of nitroso groups, excluding NO2 is 1. The number of anilines is 1. The van der Waals surface area contributed by atoms with Gasteiger partial charge in [-0.2, -0.15) is 0 Å². The van der Waals surface area contributed by atoms with Gasteiger partial charge in [0.25, 0.3) is 0 Å². The zero-order chi connectivity index (χ0) is 14.6. The number of hydrogen-bond acceptors (Lipinski definition) is 6. The van der Waals surface area contributed by atoms with E-state index in [0.29, 0.717) is 23.5 Å². The van der Waals surface area contributed by atoms with Gasteiger partial charge in [-0.05, 0) is 42.8 Å². The average molecular weight is 285 g/mol. The number of aryl methyl sites for hydroxylation is 1. The normalized spacial score (nSPS) is 13.1. The minimum Gasteiger partial charge on any atom is -0.354 e. The predicted octanol–water partition coefficient (Wildman–Crippen LogP) is 1.55. The molecule has 2 N–H and O–H groups in total. The molecule has 0 saturated carbocycles. The lowest BCUT2D eigenvalue weighted by Crippen LogP contribution is -2.45. The van der Waals surface area contributed by atoms with E-state index in [4.69, 9.17) is 5.73 Å². The van der Waals surface area contributed by atoms with Gasteiger partial charge in [-0.15, -0.1) is 4.91 Å². The molecule has 0 fully saturated rings. The zero-order valence-electron chi connectivity index (χ0n) is 11.3. The van der Waals surface area contributed by atoms with Crippen LogP contribution in [0.3, 0.4) is 0 Å². The van der Waals surface area contributed by atoms with Gasteiger partial charge in [0.2, 0.25) is 0 Å². The van der Waals surface area contributed by atoms with Crippen LogP contribution in [-0.4, -0.2) is 33.1 Å². The summed E-state index contributed by atoms with van der Waals surface area (Å²) in [7, 11) is -3.29. The van der Waals surface area contributed by atoms with Crippen molar-refractivity contribution in [3.63, 3.8) is 0 Å². The molecule has 1 atom stereocenters. The van der Waals surface area contributed by atoms with Crippen molar-refractivity contribution in [2.75, 3.05) is 24.2 Å². The fourth-order valence-electron chi connectivity index (χ4n) is 2.01. The molecule has 0 aliphatic rings. The topological polar surface area (TPSA) is 92.8 Å². The highest BCUT2D eigenvalue weighted by atomic mass is 32.2.